The molecular weight excluding hydrogens is 511 g/mol. The van der Waals surface area contributed by atoms with Crippen LogP contribution in [0.5, 0.6) is 5.75 Å². The third kappa shape index (κ3) is 4.55. The van der Waals surface area contributed by atoms with E-state index in [1.165, 1.54) is 18.3 Å². The minimum absolute atomic E-state index is 0.0281. The first kappa shape index (κ1) is 23.6. The van der Waals surface area contributed by atoms with Gasteiger partial charge in [-0.05, 0) is 47.5 Å². The molecule has 6 aromatic rings. The number of rotatable bonds is 6. The molecule has 1 aromatic carbocycles. The molecule has 0 fully saturated rings. The molecule has 0 bridgehead atoms. The summed E-state index contributed by atoms with van der Waals surface area (Å²) in [6.45, 7) is -0.0476. The van der Waals surface area contributed by atoms with Crippen molar-refractivity contribution in [1.29, 1.82) is 0 Å². The molecule has 5 heterocycles. The van der Waals surface area contributed by atoms with E-state index in [-0.39, 0.29) is 12.3 Å². The Kier molecular flexibility index (Phi) is 5.58. The number of imidazole rings is 1. The monoisotopic (exact) mass is 530 g/mol. The summed E-state index contributed by atoms with van der Waals surface area (Å²) in [6, 6.07) is 9.44. The Labute approximate surface area is 214 Å². The third-order valence-electron chi connectivity index (χ3n) is 5.88. The maximum atomic E-state index is 14.5. The molecule has 11 nitrogen and oxygen atoms in total. The fraction of sp³-hybridized carbons (Fsp3) is 0.0800. The van der Waals surface area contributed by atoms with Crippen LogP contribution in [-0.2, 0) is 16.6 Å². The minimum atomic E-state index is -3.44. The molecule has 0 aliphatic carbocycles. The van der Waals surface area contributed by atoms with E-state index < -0.39 is 15.8 Å². The molecule has 0 aliphatic rings. The van der Waals surface area contributed by atoms with E-state index in [1.54, 1.807) is 36.8 Å². The Hall–Kier alpha value is -4.75. The summed E-state index contributed by atoms with van der Waals surface area (Å²) in [4.78, 5) is 20.7. The third-order valence-corrected chi connectivity index (χ3v) is 6.55. The predicted octanol–water partition coefficient (Wildman–Crippen LogP) is 3.52. The van der Waals surface area contributed by atoms with Gasteiger partial charge in [0.05, 0.1) is 29.9 Å². The van der Waals surface area contributed by atoms with Gasteiger partial charge < -0.3 is 10.1 Å². The zero-order valence-electron chi connectivity index (χ0n) is 19.8. The molecule has 13 heteroatoms. The summed E-state index contributed by atoms with van der Waals surface area (Å²) in [6.07, 6.45) is 7.20. The van der Waals surface area contributed by atoms with Gasteiger partial charge in [-0.15, -0.1) is 0 Å². The first-order valence-corrected chi connectivity index (χ1v) is 13.2. The number of fused-ring (bicyclic) bond motifs is 2. The molecule has 0 aliphatic heterocycles. The average molecular weight is 531 g/mol. The Morgan fingerprint density at radius 3 is 2.74 bits per heavy atom. The van der Waals surface area contributed by atoms with E-state index >= 15 is 0 Å². The smallest absolute Gasteiger partial charge is 0.209 e. The Bertz CT molecular complexity index is 1950. The van der Waals surface area contributed by atoms with Crippen LogP contribution in [0.4, 0.5) is 4.39 Å². The number of nitrogens with zero attached hydrogens (tertiary/aromatic N) is 5. The quantitative estimate of drug-likeness (QED) is 0.254. The van der Waals surface area contributed by atoms with Crippen LogP contribution in [0.1, 0.15) is 5.56 Å². The van der Waals surface area contributed by atoms with E-state index in [0.717, 1.165) is 11.6 Å². The van der Waals surface area contributed by atoms with Gasteiger partial charge in [-0.25, -0.2) is 27.5 Å². The van der Waals surface area contributed by atoms with Crippen LogP contribution in [0.15, 0.2) is 61.2 Å². The van der Waals surface area contributed by atoms with Gasteiger partial charge in [0.2, 0.25) is 10.0 Å². The zero-order valence-corrected chi connectivity index (χ0v) is 20.6. The fourth-order valence-electron chi connectivity index (χ4n) is 4.20. The summed E-state index contributed by atoms with van der Waals surface area (Å²) >= 11 is 0. The summed E-state index contributed by atoms with van der Waals surface area (Å²) in [7, 11) is -3.44. The molecule has 0 saturated heterocycles. The van der Waals surface area contributed by atoms with Crippen molar-refractivity contribution in [3.05, 3.63) is 72.6 Å². The number of H-pyrrole nitrogens is 2. The highest BCUT2D eigenvalue weighted by Gasteiger charge is 2.18. The number of aromatic nitrogens is 7. The van der Waals surface area contributed by atoms with Crippen LogP contribution in [0.3, 0.4) is 0 Å². The molecule has 0 atom stereocenters. The van der Waals surface area contributed by atoms with Crippen LogP contribution in [-0.4, -0.2) is 54.9 Å². The average Bonchev–Trinajstić information content (AvgIpc) is 3.50. The minimum Gasteiger partial charge on any atom is -0.506 e. The van der Waals surface area contributed by atoms with Crippen molar-refractivity contribution >= 4 is 32.1 Å². The lowest BCUT2D eigenvalue weighted by atomic mass is 10.0. The number of nitrogens with one attached hydrogen (secondary N) is 3. The van der Waals surface area contributed by atoms with E-state index in [2.05, 4.69) is 34.9 Å². The molecule has 0 spiro atoms. The molecule has 0 amide bonds. The Morgan fingerprint density at radius 2 is 1.92 bits per heavy atom. The van der Waals surface area contributed by atoms with Gasteiger partial charge in [-0.1, -0.05) is 0 Å². The van der Waals surface area contributed by atoms with Crippen molar-refractivity contribution in [1.82, 2.24) is 39.8 Å². The largest absolute Gasteiger partial charge is 0.506 e. The van der Waals surface area contributed by atoms with Crippen LogP contribution >= 0.6 is 0 Å². The first-order chi connectivity index (χ1) is 18.2. The molecule has 38 heavy (non-hydrogen) atoms. The van der Waals surface area contributed by atoms with E-state index in [4.69, 9.17) is 4.98 Å². The zero-order chi connectivity index (χ0) is 26.4. The Balaban J connectivity index is 1.43. The van der Waals surface area contributed by atoms with Crippen molar-refractivity contribution in [2.24, 2.45) is 0 Å². The number of hydrogen-bond donors (Lipinski definition) is 4. The lowest BCUT2D eigenvalue weighted by Crippen LogP contribution is -2.21. The summed E-state index contributed by atoms with van der Waals surface area (Å²) in [5.41, 5.74) is 5.01. The van der Waals surface area contributed by atoms with E-state index in [9.17, 15) is 17.9 Å². The highest BCUT2D eigenvalue weighted by molar-refractivity contribution is 7.88. The van der Waals surface area contributed by atoms with Crippen molar-refractivity contribution in [3.63, 3.8) is 0 Å². The normalized spacial score (nSPS) is 11.9. The molecule has 5 aromatic heterocycles. The molecule has 4 N–H and O–H groups in total. The number of halogens is 1. The van der Waals surface area contributed by atoms with Crippen LogP contribution in [0.25, 0.3) is 56.0 Å². The molecular formula is C25H19FN8O3S. The number of aromatic amines is 2. The van der Waals surface area contributed by atoms with E-state index in [1.807, 2.05) is 6.07 Å². The molecule has 6 rings (SSSR count). The SMILES string of the molecule is CS(=O)(=O)NCc1cc(F)cc(-c2ccnc3[nH]c(-c4n[nH]c5cnc(-c6cncc(O)c6)cc45)nc23)c1. The molecule has 0 unspecified atom stereocenters. The second kappa shape index (κ2) is 8.97. The number of sulfonamides is 1. The van der Waals surface area contributed by atoms with Gasteiger partial charge in [-0.3, -0.25) is 15.1 Å². The summed E-state index contributed by atoms with van der Waals surface area (Å²) in [5, 5.41) is 17.9. The van der Waals surface area contributed by atoms with Gasteiger partial charge in [0.1, 0.15) is 22.8 Å². The van der Waals surface area contributed by atoms with Crippen molar-refractivity contribution < 1.29 is 17.9 Å². The van der Waals surface area contributed by atoms with Crippen molar-refractivity contribution in [2.45, 2.75) is 6.54 Å². The summed E-state index contributed by atoms with van der Waals surface area (Å²) < 4.78 is 39.8. The topological polar surface area (TPSA) is 162 Å². The maximum absolute atomic E-state index is 14.5. The lowest BCUT2D eigenvalue weighted by molar-refractivity contribution is 0.473. The molecule has 0 radical (unpaired) electrons. The van der Waals surface area contributed by atoms with Crippen LogP contribution in [0, 0.1) is 5.82 Å². The fourth-order valence-corrected chi connectivity index (χ4v) is 4.63. The lowest BCUT2D eigenvalue weighted by Gasteiger charge is -2.07. The van der Waals surface area contributed by atoms with Crippen molar-refractivity contribution in [3.8, 4) is 39.7 Å². The van der Waals surface area contributed by atoms with E-state index in [0.29, 0.717) is 56.1 Å². The number of benzene rings is 1. The molecule has 0 saturated carbocycles. The van der Waals surface area contributed by atoms with Crippen LogP contribution in [0.2, 0.25) is 0 Å². The van der Waals surface area contributed by atoms with Gasteiger partial charge in [0.25, 0.3) is 0 Å². The number of hydrogen-bond acceptors (Lipinski definition) is 8. The van der Waals surface area contributed by atoms with Crippen LogP contribution < -0.4 is 4.72 Å². The number of pyridine rings is 3. The Morgan fingerprint density at radius 1 is 1.05 bits per heavy atom. The van der Waals surface area contributed by atoms with Gasteiger partial charge in [0, 0.05) is 35.5 Å². The second-order valence-corrected chi connectivity index (χ2v) is 10.5. The highest BCUT2D eigenvalue weighted by atomic mass is 32.2. The second-order valence-electron chi connectivity index (χ2n) is 8.70. The van der Waals surface area contributed by atoms with Gasteiger partial charge in [-0.2, -0.15) is 5.10 Å². The van der Waals surface area contributed by atoms with Gasteiger partial charge in [0.15, 0.2) is 11.5 Å². The molecule has 190 valence electrons. The predicted molar refractivity (Wildman–Crippen MR) is 139 cm³/mol. The highest BCUT2D eigenvalue weighted by Crippen LogP contribution is 2.32. The summed E-state index contributed by atoms with van der Waals surface area (Å²) in [5.74, 6) is -0.0404. The maximum Gasteiger partial charge on any atom is 0.209 e. The number of aromatic hydroxyl groups is 1. The van der Waals surface area contributed by atoms with Crippen molar-refractivity contribution in [2.75, 3.05) is 6.26 Å². The first-order valence-electron chi connectivity index (χ1n) is 11.3. The van der Waals surface area contributed by atoms with Gasteiger partial charge >= 0.3 is 0 Å². The standard InChI is InChI=1S/C25H19FN8O3S/c1-38(36,37)30-9-13-4-14(6-16(26)5-13)18-2-3-28-24-22(18)31-25(32-24)23-19-8-20(29-12-21(19)33-34-23)15-7-17(35)11-27-10-15/h2-8,10-12,30,35H,9H2,1H3,(H,33,34)(H,28,31,32).